The van der Waals surface area contributed by atoms with Gasteiger partial charge in [0.05, 0.1) is 0 Å². The molecule has 0 spiro atoms. The number of nitrogens with zero attached hydrogens (tertiary/aromatic N) is 2. The number of halogens is 1. The molecule has 0 bridgehead atoms. The number of guanidine groups is 1. The average Bonchev–Trinajstić information content (AvgIpc) is 2.53. The third-order valence-electron chi connectivity index (χ3n) is 3.98. The highest BCUT2D eigenvalue weighted by Crippen LogP contribution is 2.10. The van der Waals surface area contributed by atoms with E-state index < -0.39 is 0 Å². The first-order chi connectivity index (χ1) is 10.8. The summed E-state index contributed by atoms with van der Waals surface area (Å²) >= 11 is 0. The van der Waals surface area contributed by atoms with Gasteiger partial charge in [-0.3, -0.25) is 4.99 Å². The van der Waals surface area contributed by atoms with E-state index in [-0.39, 0.29) is 24.0 Å². The highest BCUT2D eigenvalue weighted by molar-refractivity contribution is 14.0. The van der Waals surface area contributed by atoms with Crippen LogP contribution in [0.15, 0.2) is 4.99 Å². The number of hydrogen-bond donors (Lipinski definition) is 2. The number of rotatable bonds is 10. The second kappa shape index (κ2) is 15.4. The van der Waals surface area contributed by atoms with Crippen molar-refractivity contribution >= 4 is 29.9 Å². The summed E-state index contributed by atoms with van der Waals surface area (Å²) in [5.74, 6) is 0.979. The van der Waals surface area contributed by atoms with Crippen molar-refractivity contribution in [1.29, 1.82) is 0 Å². The van der Waals surface area contributed by atoms with E-state index in [9.17, 15) is 0 Å². The Bertz CT molecular complexity index is 294. The monoisotopic (exact) mass is 440 g/mol. The van der Waals surface area contributed by atoms with Crippen molar-refractivity contribution in [1.82, 2.24) is 15.5 Å². The van der Waals surface area contributed by atoms with Gasteiger partial charge in [-0.25, -0.2) is 0 Å². The summed E-state index contributed by atoms with van der Waals surface area (Å²) in [4.78, 5) is 7.25. The SMILES string of the molecule is CCCN1CCC(NC(=NCCCCOCC)NCC)CC1.I. The van der Waals surface area contributed by atoms with Crippen LogP contribution in [0.1, 0.15) is 52.9 Å². The molecule has 0 amide bonds. The molecule has 1 aliphatic heterocycles. The Kier molecular flexibility index (Phi) is 15.4. The van der Waals surface area contributed by atoms with Crippen LogP contribution in [-0.2, 0) is 4.74 Å². The van der Waals surface area contributed by atoms with E-state index >= 15 is 0 Å². The van der Waals surface area contributed by atoms with E-state index in [2.05, 4.69) is 34.4 Å². The molecule has 5 nitrogen and oxygen atoms in total. The topological polar surface area (TPSA) is 48.9 Å². The molecule has 1 rings (SSSR count). The summed E-state index contributed by atoms with van der Waals surface area (Å²) in [6.07, 6.45) is 5.87. The molecule has 2 N–H and O–H groups in total. The summed E-state index contributed by atoms with van der Waals surface area (Å²) in [5, 5.41) is 6.96. The van der Waals surface area contributed by atoms with Crippen LogP contribution in [-0.4, -0.2) is 62.8 Å². The van der Waals surface area contributed by atoms with Gasteiger partial charge in [-0.2, -0.15) is 0 Å². The average molecular weight is 440 g/mol. The molecule has 1 saturated heterocycles. The molecule has 6 heteroatoms. The van der Waals surface area contributed by atoms with Gasteiger partial charge in [-0.15, -0.1) is 24.0 Å². The lowest BCUT2D eigenvalue weighted by Gasteiger charge is -2.32. The number of ether oxygens (including phenoxy) is 1. The number of unbranched alkanes of at least 4 members (excludes halogenated alkanes) is 1. The van der Waals surface area contributed by atoms with E-state index in [1.165, 1.54) is 38.9 Å². The lowest BCUT2D eigenvalue weighted by atomic mass is 10.1. The largest absolute Gasteiger partial charge is 0.382 e. The molecule has 0 aromatic rings. The normalized spacial score (nSPS) is 16.9. The summed E-state index contributed by atoms with van der Waals surface area (Å²) < 4.78 is 5.36. The maximum Gasteiger partial charge on any atom is 0.191 e. The van der Waals surface area contributed by atoms with Crippen LogP contribution in [0.2, 0.25) is 0 Å². The molecule has 1 fully saturated rings. The van der Waals surface area contributed by atoms with Crippen LogP contribution in [0.5, 0.6) is 0 Å². The van der Waals surface area contributed by atoms with Crippen molar-refractivity contribution in [2.75, 3.05) is 45.9 Å². The summed E-state index contributed by atoms with van der Waals surface area (Å²) in [6.45, 7) is 13.5. The van der Waals surface area contributed by atoms with Gasteiger partial charge in [0.2, 0.25) is 0 Å². The maximum atomic E-state index is 5.36. The van der Waals surface area contributed by atoms with Gasteiger partial charge in [0.1, 0.15) is 0 Å². The standard InChI is InChI=1S/C17H36N4O.HI/c1-4-12-21-13-9-16(10-14-21)20-17(18-5-2)19-11-7-8-15-22-6-3;/h16H,4-15H2,1-3H3,(H2,18,19,20);1H. The van der Waals surface area contributed by atoms with Gasteiger partial charge in [-0.05, 0) is 52.5 Å². The van der Waals surface area contributed by atoms with Crippen molar-refractivity contribution in [3.63, 3.8) is 0 Å². The number of hydrogen-bond acceptors (Lipinski definition) is 3. The molecule has 138 valence electrons. The molecule has 1 aliphatic rings. The number of piperidine rings is 1. The van der Waals surface area contributed by atoms with Gasteiger partial charge in [0.15, 0.2) is 5.96 Å². The zero-order chi connectivity index (χ0) is 16.0. The van der Waals surface area contributed by atoms with Crippen LogP contribution in [0.3, 0.4) is 0 Å². The molecule has 0 unspecified atom stereocenters. The van der Waals surface area contributed by atoms with E-state index in [1.54, 1.807) is 0 Å². The minimum Gasteiger partial charge on any atom is -0.382 e. The van der Waals surface area contributed by atoms with E-state index in [1.807, 2.05) is 6.92 Å². The Labute approximate surface area is 160 Å². The van der Waals surface area contributed by atoms with Crippen LogP contribution in [0.4, 0.5) is 0 Å². The van der Waals surface area contributed by atoms with Crippen molar-refractivity contribution in [2.45, 2.75) is 58.9 Å². The third-order valence-corrected chi connectivity index (χ3v) is 3.98. The van der Waals surface area contributed by atoms with E-state index in [4.69, 9.17) is 4.74 Å². The first-order valence-corrected chi connectivity index (χ1v) is 9.15. The second-order valence-corrected chi connectivity index (χ2v) is 5.92. The Morgan fingerprint density at radius 2 is 1.91 bits per heavy atom. The number of likely N-dealkylation sites (tertiary alicyclic amines) is 1. The Hall–Kier alpha value is -0.0800. The fraction of sp³-hybridized carbons (Fsp3) is 0.941. The predicted molar refractivity (Wildman–Crippen MR) is 110 cm³/mol. The van der Waals surface area contributed by atoms with E-state index in [0.717, 1.165) is 45.1 Å². The summed E-state index contributed by atoms with van der Waals surface area (Å²) in [7, 11) is 0. The van der Waals surface area contributed by atoms with Gasteiger partial charge < -0.3 is 20.3 Å². The Morgan fingerprint density at radius 3 is 2.52 bits per heavy atom. The van der Waals surface area contributed by atoms with Crippen molar-refractivity contribution in [3.8, 4) is 0 Å². The molecule has 0 aliphatic carbocycles. The van der Waals surface area contributed by atoms with Gasteiger partial charge >= 0.3 is 0 Å². The molecule has 0 aromatic heterocycles. The third kappa shape index (κ3) is 11.2. The van der Waals surface area contributed by atoms with Gasteiger partial charge in [-0.1, -0.05) is 6.92 Å². The molecule has 0 aromatic carbocycles. The highest BCUT2D eigenvalue weighted by atomic mass is 127. The maximum absolute atomic E-state index is 5.36. The molecule has 23 heavy (non-hydrogen) atoms. The molecular formula is C17H37IN4O. The van der Waals surface area contributed by atoms with Crippen molar-refractivity contribution < 1.29 is 4.74 Å². The smallest absolute Gasteiger partial charge is 0.191 e. The highest BCUT2D eigenvalue weighted by Gasteiger charge is 2.19. The molecule has 0 radical (unpaired) electrons. The number of nitrogens with one attached hydrogen (secondary N) is 2. The first kappa shape index (κ1) is 22.9. The van der Waals surface area contributed by atoms with Crippen LogP contribution >= 0.6 is 24.0 Å². The zero-order valence-electron chi connectivity index (χ0n) is 15.3. The molecular weight excluding hydrogens is 403 g/mol. The van der Waals surface area contributed by atoms with Crippen molar-refractivity contribution in [2.24, 2.45) is 4.99 Å². The van der Waals surface area contributed by atoms with Crippen molar-refractivity contribution in [3.05, 3.63) is 0 Å². The van der Waals surface area contributed by atoms with Crippen LogP contribution in [0, 0.1) is 0 Å². The zero-order valence-corrected chi connectivity index (χ0v) is 17.6. The fourth-order valence-electron chi connectivity index (χ4n) is 2.78. The first-order valence-electron chi connectivity index (χ1n) is 9.15. The molecule has 0 saturated carbocycles. The van der Waals surface area contributed by atoms with Crippen LogP contribution in [0.25, 0.3) is 0 Å². The lowest BCUT2D eigenvalue weighted by Crippen LogP contribution is -2.48. The van der Waals surface area contributed by atoms with E-state index in [0.29, 0.717) is 6.04 Å². The minimum atomic E-state index is 0. The van der Waals surface area contributed by atoms with Gasteiger partial charge in [0, 0.05) is 45.4 Å². The van der Waals surface area contributed by atoms with Crippen LogP contribution < -0.4 is 10.6 Å². The Balaban J connectivity index is 0.00000484. The summed E-state index contributed by atoms with van der Waals surface area (Å²) in [5.41, 5.74) is 0. The summed E-state index contributed by atoms with van der Waals surface area (Å²) in [6, 6.07) is 0.564. The number of aliphatic imine (C=N–C) groups is 1. The lowest BCUT2D eigenvalue weighted by molar-refractivity contribution is 0.144. The molecule has 0 atom stereocenters. The quantitative estimate of drug-likeness (QED) is 0.238. The fourth-order valence-corrected chi connectivity index (χ4v) is 2.78. The van der Waals surface area contributed by atoms with Gasteiger partial charge in [0.25, 0.3) is 0 Å². The Morgan fingerprint density at radius 1 is 1.17 bits per heavy atom. The minimum absolute atomic E-state index is 0. The second-order valence-electron chi connectivity index (χ2n) is 5.92. The predicted octanol–water partition coefficient (Wildman–Crippen LogP) is 2.85. The molecule has 1 heterocycles.